The van der Waals surface area contributed by atoms with Gasteiger partial charge in [0, 0.05) is 24.2 Å². The summed E-state index contributed by atoms with van der Waals surface area (Å²) in [6.45, 7) is 7.85. The van der Waals surface area contributed by atoms with Gasteiger partial charge in [0.15, 0.2) is 0 Å². The van der Waals surface area contributed by atoms with Crippen LogP contribution in [-0.4, -0.2) is 54.8 Å². The highest BCUT2D eigenvalue weighted by Gasteiger charge is 2.52. The van der Waals surface area contributed by atoms with E-state index >= 15 is 0 Å². The minimum absolute atomic E-state index is 0.144. The second-order valence-electron chi connectivity index (χ2n) is 8.54. The van der Waals surface area contributed by atoms with Crippen molar-refractivity contribution in [1.29, 1.82) is 0 Å². The SMILES string of the molecule is COC(=O)C(N)CCCCNC(=O)c1cc(B2OC(C)(C)C(C)(C)O2)cc([N+](=O)[O-])c1. The first-order valence-corrected chi connectivity index (χ1v) is 10.1. The molecule has 1 amide bonds. The molecule has 1 fully saturated rings. The van der Waals surface area contributed by atoms with Gasteiger partial charge in [0.05, 0.1) is 23.2 Å². The van der Waals surface area contributed by atoms with E-state index in [1.807, 2.05) is 27.7 Å². The fourth-order valence-electron chi connectivity index (χ4n) is 3.05. The predicted molar refractivity (Wildman–Crippen MR) is 115 cm³/mol. The molecule has 1 unspecified atom stereocenters. The van der Waals surface area contributed by atoms with Crippen molar-refractivity contribution in [2.24, 2.45) is 5.73 Å². The minimum Gasteiger partial charge on any atom is -0.468 e. The number of nitro groups is 1. The Labute approximate surface area is 182 Å². The smallest absolute Gasteiger partial charge is 0.468 e. The zero-order valence-corrected chi connectivity index (χ0v) is 18.6. The van der Waals surface area contributed by atoms with Crippen molar-refractivity contribution in [3.8, 4) is 0 Å². The fourth-order valence-corrected chi connectivity index (χ4v) is 3.05. The summed E-state index contributed by atoms with van der Waals surface area (Å²) in [6.07, 6.45) is 1.64. The van der Waals surface area contributed by atoms with E-state index in [2.05, 4.69) is 10.1 Å². The summed E-state index contributed by atoms with van der Waals surface area (Å²) in [6, 6.07) is 3.42. The summed E-state index contributed by atoms with van der Waals surface area (Å²) in [5.74, 6) is -0.922. The molecule has 10 nitrogen and oxygen atoms in total. The molecule has 1 aliphatic heterocycles. The number of non-ortho nitro benzene ring substituents is 1. The van der Waals surface area contributed by atoms with Crippen LogP contribution in [0.25, 0.3) is 0 Å². The van der Waals surface area contributed by atoms with Crippen LogP contribution in [0.3, 0.4) is 0 Å². The number of benzene rings is 1. The topological polar surface area (TPSA) is 143 Å². The molecule has 31 heavy (non-hydrogen) atoms. The second-order valence-corrected chi connectivity index (χ2v) is 8.54. The number of nitrogens with zero attached hydrogens (tertiary/aromatic N) is 1. The lowest BCUT2D eigenvalue weighted by Crippen LogP contribution is -2.41. The number of amides is 1. The highest BCUT2D eigenvalue weighted by Crippen LogP contribution is 2.36. The molecule has 0 radical (unpaired) electrons. The number of carbonyl (C=O) groups is 2. The average molecular weight is 435 g/mol. The molecule has 0 spiro atoms. The van der Waals surface area contributed by atoms with Crippen LogP contribution in [0.2, 0.25) is 0 Å². The van der Waals surface area contributed by atoms with E-state index in [1.54, 1.807) is 0 Å². The number of nitro benzene ring substituents is 1. The van der Waals surface area contributed by atoms with Crippen molar-refractivity contribution in [2.45, 2.75) is 64.2 Å². The number of unbranched alkanes of at least 4 members (excludes halogenated alkanes) is 1. The molecule has 1 aromatic carbocycles. The van der Waals surface area contributed by atoms with Crippen LogP contribution in [0.5, 0.6) is 0 Å². The molecule has 0 aliphatic carbocycles. The van der Waals surface area contributed by atoms with Crippen LogP contribution >= 0.6 is 0 Å². The zero-order valence-electron chi connectivity index (χ0n) is 18.6. The standard InChI is InChI=1S/C20H30BN3O7/c1-19(2)20(3,4)31-21(30-19)14-10-13(11-15(12-14)24(27)28)17(25)23-9-7-6-8-16(22)18(26)29-5/h10-12,16H,6-9,22H2,1-5H3,(H,23,25). The third kappa shape index (κ3) is 6.02. The number of esters is 1. The Bertz CT molecular complexity index is 828. The molecular formula is C20H30BN3O7. The largest absolute Gasteiger partial charge is 0.495 e. The first kappa shape index (κ1) is 24.8. The monoisotopic (exact) mass is 435 g/mol. The number of hydrogen-bond donors (Lipinski definition) is 2. The normalized spacial score (nSPS) is 17.8. The Morgan fingerprint density at radius 3 is 2.35 bits per heavy atom. The molecule has 3 N–H and O–H groups in total. The van der Waals surface area contributed by atoms with E-state index in [0.717, 1.165) is 0 Å². The maximum Gasteiger partial charge on any atom is 0.495 e. The van der Waals surface area contributed by atoms with Gasteiger partial charge in [-0.3, -0.25) is 19.7 Å². The first-order chi connectivity index (χ1) is 14.4. The van der Waals surface area contributed by atoms with E-state index in [0.29, 0.717) is 31.3 Å². The molecule has 1 heterocycles. The molecule has 1 atom stereocenters. The van der Waals surface area contributed by atoms with E-state index in [9.17, 15) is 19.7 Å². The lowest BCUT2D eigenvalue weighted by Gasteiger charge is -2.32. The Balaban J connectivity index is 2.05. The maximum atomic E-state index is 12.6. The van der Waals surface area contributed by atoms with Crippen LogP contribution in [0.1, 0.15) is 57.3 Å². The number of rotatable bonds is 9. The van der Waals surface area contributed by atoms with Crippen molar-refractivity contribution in [3.63, 3.8) is 0 Å². The van der Waals surface area contributed by atoms with Crippen LogP contribution in [0.4, 0.5) is 5.69 Å². The molecule has 0 aromatic heterocycles. The Morgan fingerprint density at radius 1 is 1.19 bits per heavy atom. The van der Waals surface area contributed by atoms with Crippen molar-refractivity contribution in [1.82, 2.24) is 5.32 Å². The summed E-state index contributed by atoms with van der Waals surface area (Å²) >= 11 is 0. The molecular weight excluding hydrogens is 405 g/mol. The van der Waals surface area contributed by atoms with Gasteiger partial charge in [-0.25, -0.2) is 0 Å². The number of ether oxygens (including phenoxy) is 1. The quantitative estimate of drug-likeness (QED) is 0.194. The molecule has 170 valence electrons. The molecule has 1 aliphatic rings. The number of hydrogen-bond acceptors (Lipinski definition) is 8. The average Bonchev–Trinajstić information content (AvgIpc) is 2.93. The predicted octanol–water partition coefficient (Wildman–Crippen LogP) is 1.29. The second kappa shape index (κ2) is 9.76. The van der Waals surface area contributed by atoms with Crippen molar-refractivity contribution in [2.75, 3.05) is 13.7 Å². The van der Waals surface area contributed by atoms with Gasteiger partial charge in [0.2, 0.25) is 0 Å². The number of carbonyl (C=O) groups excluding carboxylic acids is 2. The lowest BCUT2D eigenvalue weighted by atomic mass is 9.78. The summed E-state index contributed by atoms with van der Waals surface area (Å²) in [5, 5.41) is 14.1. The third-order valence-corrected chi connectivity index (χ3v) is 5.67. The number of nitrogens with two attached hydrogens (primary N) is 1. The zero-order chi connectivity index (χ0) is 23.4. The van der Waals surface area contributed by atoms with Gasteiger partial charge in [-0.2, -0.15) is 0 Å². The van der Waals surface area contributed by atoms with Crippen molar-refractivity contribution < 1.29 is 28.6 Å². The summed E-state index contributed by atoms with van der Waals surface area (Å²) in [5.41, 5.74) is 4.77. The molecule has 2 rings (SSSR count). The van der Waals surface area contributed by atoms with Gasteiger partial charge >= 0.3 is 13.1 Å². The number of methoxy groups -OCH3 is 1. The van der Waals surface area contributed by atoms with Crippen LogP contribution in [0, 0.1) is 10.1 Å². The van der Waals surface area contributed by atoms with E-state index in [-0.39, 0.29) is 11.3 Å². The molecule has 1 aromatic rings. The van der Waals surface area contributed by atoms with Gasteiger partial charge in [0.1, 0.15) is 6.04 Å². The van der Waals surface area contributed by atoms with Crippen molar-refractivity contribution >= 4 is 30.1 Å². The van der Waals surface area contributed by atoms with Gasteiger partial charge < -0.3 is 25.1 Å². The minimum atomic E-state index is -0.823. The highest BCUT2D eigenvalue weighted by molar-refractivity contribution is 6.62. The van der Waals surface area contributed by atoms with Gasteiger partial charge in [-0.1, -0.05) is 0 Å². The molecule has 0 saturated carbocycles. The highest BCUT2D eigenvalue weighted by atomic mass is 16.7. The van der Waals surface area contributed by atoms with Crippen LogP contribution < -0.4 is 16.5 Å². The fraction of sp³-hybridized carbons (Fsp3) is 0.600. The summed E-state index contributed by atoms with van der Waals surface area (Å²) < 4.78 is 16.5. The third-order valence-electron chi connectivity index (χ3n) is 5.67. The van der Waals surface area contributed by atoms with E-state index in [4.69, 9.17) is 15.0 Å². The maximum absolute atomic E-state index is 12.6. The molecule has 0 bridgehead atoms. The number of nitrogens with one attached hydrogen (secondary N) is 1. The Hall–Kier alpha value is -2.50. The van der Waals surface area contributed by atoms with E-state index < -0.39 is 41.2 Å². The lowest BCUT2D eigenvalue weighted by molar-refractivity contribution is -0.384. The van der Waals surface area contributed by atoms with E-state index in [1.165, 1.54) is 25.3 Å². The van der Waals surface area contributed by atoms with Crippen LogP contribution in [-0.2, 0) is 18.8 Å². The summed E-state index contributed by atoms with van der Waals surface area (Å²) in [7, 11) is 0.454. The van der Waals surface area contributed by atoms with Gasteiger partial charge in [-0.15, -0.1) is 0 Å². The van der Waals surface area contributed by atoms with Gasteiger partial charge in [-0.05, 0) is 58.5 Å². The molecule has 11 heteroatoms. The Kier molecular flexibility index (Phi) is 7.80. The van der Waals surface area contributed by atoms with Crippen molar-refractivity contribution in [3.05, 3.63) is 33.9 Å². The Morgan fingerprint density at radius 2 is 1.81 bits per heavy atom. The summed E-state index contributed by atoms with van der Waals surface area (Å²) in [4.78, 5) is 34.7. The first-order valence-electron chi connectivity index (χ1n) is 10.1. The molecule has 1 saturated heterocycles. The van der Waals surface area contributed by atoms with Gasteiger partial charge in [0.25, 0.3) is 11.6 Å². The van der Waals surface area contributed by atoms with Crippen LogP contribution in [0.15, 0.2) is 18.2 Å².